The molecule has 4 nitrogen and oxygen atoms in total. The minimum absolute atomic E-state index is 0.640. The number of aromatic nitrogens is 4. The first-order valence-electron chi connectivity index (χ1n) is 17.4. The van der Waals surface area contributed by atoms with Crippen LogP contribution in [0.15, 0.2) is 170 Å². The molecule has 3 aromatic heterocycles. The molecular formula is C47H28N4S. The van der Waals surface area contributed by atoms with E-state index >= 15 is 0 Å². The van der Waals surface area contributed by atoms with E-state index in [9.17, 15) is 0 Å². The van der Waals surface area contributed by atoms with Crippen molar-refractivity contribution in [2.45, 2.75) is 0 Å². The number of thiophene rings is 1. The molecule has 0 saturated heterocycles. The molecule has 0 atom stereocenters. The van der Waals surface area contributed by atoms with Gasteiger partial charge in [0.2, 0.25) is 0 Å². The average molecular weight is 681 g/mol. The Kier molecular flexibility index (Phi) is 6.39. The summed E-state index contributed by atoms with van der Waals surface area (Å²) in [4.78, 5) is 15.6. The van der Waals surface area contributed by atoms with E-state index in [1.54, 1.807) is 0 Å². The van der Waals surface area contributed by atoms with Gasteiger partial charge in [-0.15, -0.1) is 11.3 Å². The summed E-state index contributed by atoms with van der Waals surface area (Å²) in [6.07, 6.45) is 0. The molecule has 11 aromatic rings. The summed E-state index contributed by atoms with van der Waals surface area (Å²) in [7, 11) is 0. The molecule has 11 rings (SSSR count). The van der Waals surface area contributed by atoms with Crippen molar-refractivity contribution in [1.82, 2.24) is 19.5 Å². The zero-order valence-corrected chi connectivity index (χ0v) is 28.7. The normalized spacial score (nSPS) is 11.8. The predicted molar refractivity (Wildman–Crippen MR) is 218 cm³/mol. The number of hydrogen-bond donors (Lipinski definition) is 0. The Morgan fingerprint density at radius 3 is 1.75 bits per heavy atom. The molecule has 0 radical (unpaired) electrons. The fourth-order valence-corrected chi connectivity index (χ4v) is 8.91. The second kappa shape index (κ2) is 11.4. The third kappa shape index (κ3) is 4.50. The van der Waals surface area contributed by atoms with Gasteiger partial charge in [0.25, 0.3) is 0 Å². The molecule has 0 amide bonds. The molecule has 8 aromatic carbocycles. The molecule has 0 unspecified atom stereocenters. The van der Waals surface area contributed by atoms with Gasteiger partial charge in [-0.05, 0) is 76.8 Å². The van der Waals surface area contributed by atoms with Crippen LogP contribution in [-0.4, -0.2) is 19.5 Å². The van der Waals surface area contributed by atoms with Gasteiger partial charge in [-0.25, -0.2) is 15.0 Å². The molecule has 0 aliphatic rings. The van der Waals surface area contributed by atoms with Gasteiger partial charge in [0.1, 0.15) is 0 Å². The van der Waals surface area contributed by atoms with Gasteiger partial charge in [0, 0.05) is 58.7 Å². The van der Waals surface area contributed by atoms with E-state index < -0.39 is 0 Å². The van der Waals surface area contributed by atoms with Gasteiger partial charge in [0.05, 0.1) is 11.0 Å². The number of hydrogen-bond acceptors (Lipinski definition) is 4. The topological polar surface area (TPSA) is 43.6 Å². The summed E-state index contributed by atoms with van der Waals surface area (Å²) >= 11 is 1.81. The summed E-state index contributed by atoms with van der Waals surface area (Å²) in [5, 5.41) is 9.62. The highest BCUT2D eigenvalue weighted by molar-refractivity contribution is 7.25. The maximum absolute atomic E-state index is 5.23. The van der Waals surface area contributed by atoms with Crippen LogP contribution in [-0.2, 0) is 0 Å². The van der Waals surface area contributed by atoms with Crippen molar-refractivity contribution >= 4 is 74.9 Å². The largest absolute Gasteiger partial charge is 0.309 e. The van der Waals surface area contributed by atoms with Crippen molar-refractivity contribution < 1.29 is 0 Å². The van der Waals surface area contributed by atoms with Crippen molar-refractivity contribution in [3.05, 3.63) is 170 Å². The summed E-state index contributed by atoms with van der Waals surface area (Å²) in [5.41, 5.74) is 6.34. The van der Waals surface area contributed by atoms with Crippen molar-refractivity contribution in [2.24, 2.45) is 0 Å². The van der Waals surface area contributed by atoms with Crippen molar-refractivity contribution in [2.75, 3.05) is 0 Å². The third-order valence-electron chi connectivity index (χ3n) is 10.2. The molecule has 0 N–H and O–H groups in total. The van der Waals surface area contributed by atoms with E-state index in [-0.39, 0.29) is 0 Å². The lowest BCUT2D eigenvalue weighted by molar-refractivity contribution is 1.08. The van der Waals surface area contributed by atoms with E-state index in [1.165, 1.54) is 52.8 Å². The van der Waals surface area contributed by atoms with E-state index in [0.29, 0.717) is 17.5 Å². The van der Waals surface area contributed by atoms with Gasteiger partial charge in [-0.2, -0.15) is 0 Å². The second-order valence-electron chi connectivity index (χ2n) is 13.2. The maximum atomic E-state index is 5.23. The highest BCUT2D eigenvalue weighted by atomic mass is 32.1. The fourth-order valence-electron chi connectivity index (χ4n) is 7.83. The molecule has 0 bridgehead atoms. The number of para-hydroxylation sites is 2. The van der Waals surface area contributed by atoms with Crippen LogP contribution in [0.3, 0.4) is 0 Å². The highest BCUT2D eigenvalue weighted by Gasteiger charge is 2.18. The van der Waals surface area contributed by atoms with Crippen LogP contribution in [0.2, 0.25) is 0 Å². The first kappa shape index (κ1) is 29.1. The van der Waals surface area contributed by atoms with Crippen LogP contribution >= 0.6 is 11.3 Å². The zero-order valence-electron chi connectivity index (χ0n) is 27.9. The maximum Gasteiger partial charge on any atom is 0.164 e. The summed E-state index contributed by atoms with van der Waals surface area (Å²) in [6, 6.07) is 60.3. The van der Waals surface area contributed by atoms with Crippen LogP contribution in [0, 0.1) is 0 Å². The molecule has 0 saturated carbocycles. The summed E-state index contributed by atoms with van der Waals surface area (Å²) < 4.78 is 4.86. The molecule has 3 heterocycles. The Bertz CT molecular complexity index is 3140. The lowest BCUT2D eigenvalue weighted by Gasteiger charge is -2.13. The van der Waals surface area contributed by atoms with Crippen molar-refractivity contribution in [3.8, 4) is 39.9 Å². The van der Waals surface area contributed by atoms with Crippen molar-refractivity contribution in [1.29, 1.82) is 0 Å². The third-order valence-corrected chi connectivity index (χ3v) is 11.4. The minimum Gasteiger partial charge on any atom is -0.309 e. The van der Waals surface area contributed by atoms with E-state index in [0.717, 1.165) is 33.2 Å². The minimum atomic E-state index is 0.640. The standard InChI is InChI=1S/C47H28N4S/c1-2-12-34-29(10-1)20-21-30-11-9-16-38(44(30)34)47-49-45(48-46(50-47)32-24-27-43-39(28-32)37-15-5-8-19-42(37)52-43)31-22-25-33(26-23-31)51-40-17-6-3-13-35(40)36-14-4-7-18-41(36)51/h1-28H. The quantitative estimate of drug-likeness (QED) is 0.174. The van der Waals surface area contributed by atoms with E-state index in [4.69, 9.17) is 15.0 Å². The van der Waals surface area contributed by atoms with Crippen molar-refractivity contribution in [3.63, 3.8) is 0 Å². The summed E-state index contributed by atoms with van der Waals surface area (Å²) in [5.74, 6) is 1.95. The van der Waals surface area contributed by atoms with Crippen LogP contribution in [0.5, 0.6) is 0 Å². The lowest BCUT2D eigenvalue weighted by atomic mass is 9.97. The highest BCUT2D eigenvalue weighted by Crippen LogP contribution is 2.38. The average Bonchev–Trinajstić information content (AvgIpc) is 3.76. The van der Waals surface area contributed by atoms with Gasteiger partial charge in [-0.3, -0.25) is 0 Å². The van der Waals surface area contributed by atoms with Crippen LogP contribution in [0.25, 0.3) is 103 Å². The first-order chi connectivity index (χ1) is 25.8. The molecular weight excluding hydrogens is 653 g/mol. The van der Waals surface area contributed by atoms with E-state index in [1.807, 2.05) is 11.3 Å². The molecule has 0 fully saturated rings. The Labute approximate surface area is 302 Å². The Hall–Kier alpha value is -6.69. The number of rotatable bonds is 4. The monoisotopic (exact) mass is 680 g/mol. The Morgan fingerprint density at radius 1 is 0.385 bits per heavy atom. The zero-order chi connectivity index (χ0) is 34.2. The Morgan fingerprint density at radius 2 is 0.962 bits per heavy atom. The van der Waals surface area contributed by atoms with Gasteiger partial charge < -0.3 is 4.57 Å². The first-order valence-corrected chi connectivity index (χ1v) is 18.3. The molecule has 0 aliphatic heterocycles. The van der Waals surface area contributed by atoms with Gasteiger partial charge >= 0.3 is 0 Å². The molecule has 5 heteroatoms. The molecule has 0 aliphatic carbocycles. The fraction of sp³-hybridized carbons (Fsp3) is 0. The predicted octanol–water partition coefficient (Wildman–Crippen LogP) is 12.6. The van der Waals surface area contributed by atoms with Crippen LogP contribution < -0.4 is 0 Å². The van der Waals surface area contributed by atoms with Gasteiger partial charge in [0.15, 0.2) is 17.5 Å². The lowest BCUT2D eigenvalue weighted by Crippen LogP contribution is -2.01. The molecule has 52 heavy (non-hydrogen) atoms. The van der Waals surface area contributed by atoms with Gasteiger partial charge in [-0.1, -0.05) is 109 Å². The number of benzene rings is 8. The van der Waals surface area contributed by atoms with Crippen LogP contribution in [0.4, 0.5) is 0 Å². The smallest absolute Gasteiger partial charge is 0.164 e. The number of fused-ring (bicyclic) bond motifs is 9. The van der Waals surface area contributed by atoms with E-state index in [2.05, 4.69) is 174 Å². The Balaban J connectivity index is 1.12. The van der Waals surface area contributed by atoms with Crippen LogP contribution in [0.1, 0.15) is 0 Å². The molecule has 0 spiro atoms. The summed E-state index contributed by atoms with van der Waals surface area (Å²) in [6.45, 7) is 0. The SMILES string of the molecule is c1ccc2c(c1)ccc1cccc(-c3nc(-c4ccc(-n5c6ccccc6c6ccccc65)cc4)nc(-c4ccc5sc6ccccc6c5c4)n3)c12. The number of nitrogens with zero attached hydrogens (tertiary/aromatic N) is 4. The molecule has 242 valence electrons. The second-order valence-corrected chi connectivity index (χ2v) is 14.3.